The number of carboxylic acids is 2. The number of carbonyl (C=O) groups is 6. The first kappa shape index (κ1) is 30.8. The van der Waals surface area contributed by atoms with Gasteiger partial charge in [0.25, 0.3) is 0 Å². The summed E-state index contributed by atoms with van der Waals surface area (Å²) in [5, 5.41) is 25.6. The van der Waals surface area contributed by atoms with E-state index >= 15 is 0 Å². The van der Waals surface area contributed by atoms with E-state index in [1.165, 1.54) is 0 Å². The van der Waals surface area contributed by atoms with E-state index in [2.05, 4.69) is 16.0 Å². The van der Waals surface area contributed by atoms with Gasteiger partial charge in [0.15, 0.2) is 0 Å². The van der Waals surface area contributed by atoms with Crippen molar-refractivity contribution in [2.24, 2.45) is 23.3 Å². The minimum atomic E-state index is -1.58. The summed E-state index contributed by atoms with van der Waals surface area (Å²) < 4.78 is 0. The second kappa shape index (κ2) is 14.8. The van der Waals surface area contributed by atoms with Gasteiger partial charge in [0.1, 0.15) is 18.1 Å². The summed E-state index contributed by atoms with van der Waals surface area (Å²) in [6.07, 6.45) is -0.0857. The lowest BCUT2D eigenvalue weighted by atomic mass is 9.96. The van der Waals surface area contributed by atoms with E-state index in [4.69, 9.17) is 11.5 Å². The predicted molar refractivity (Wildman–Crippen MR) is 121 cm³/mol. The molecule has 34 heavy (non-hydrogen) atoms. The fraction of sp³-hybridized carbons (Fsp3) is 0.714. The van der Waals surface area contributed by atoms with Crippen LogP contribution in [0, 0.1) is 11.8 Å². The van der Waals surface area contributed by atoms with Gasteiger partial charge in [0.05, 0.1) is 12.5 Å². The van der Waals surface area contributed by atoms with Crippen LogP contribution in [0.1, 0.15) is 59.8 Å². The first-order valence-electron chi connectivity index (χ1n) is 11.1. The lowest BCUT2D eigenvalue weighted by Crippen LogP contribution is -2.59. The zero-order valence-electron chi connectivity index (χ0n) is 20.0. The molecule has 0 aromatic carbocycles. The van der Waals surface area contributed by atoms with Crippen molar-refractivity contribution < 1.29 is 39.0 Å². The number of aliphatic carboxylic acids is 2. The Labute approximate surface area is 198 Å². The van der Waals surface area contributed by atoms with Crippen molar-refractivity contribution >= 4 is 35.6 Å². The standard InChI is InChI=1S/C21H37N5O8/c1-5-10(3)16(25-18(30)12(22)7-8-14(23)27)20(32)24-13(9-15(28)29)19(31)26-17(21(33)34)11(4)6-2/h10-13,16-17H,5-9,22H2,1-4H3,(H2,23,27)(H,24,32)(H,25,30)(H,26,31)(H,28,29)(H,33,34). The molecule has 0 rings (SSSR count). The van der Waals surface area contributed by atoms with Crippen LogP contribution < -0.4 is 27.4 Å². The summed E-state index contributed by atoms with van der Waals surface area (Å²) in [6.45, 7) is 6.76. The summed E-state index contributed by atoms with van der Waals surface area (Å²) in [5.41, 5.74) is 10.8. The van der Waals surface area contributed by atoms with Crippen LogP contribution >= 0.6 is 0 Å². The summed E-state index contributed by atoms with van der Waals surface area (Å²) in [5.74, 6) is -6.73. The van der Waals surface area contributed by atoms with E-state index < -0.39 is 78.0 Å². The third-order valence-corrected chi connectivity index (χ3v) is 5.62. The molecule has 4 amide bonds. The van der Waals surface area contributed by atoms with Gasteiger partial charge in [0, 0.05) is 6.42 Å². The van der Waals surface area contributed by atoms with Crippen molar-refractivity contribution in [3.8, 4) is 0 Å². The van der Waals surface area contributed by atoms with Crippen LogP contribution in [0.15, 0.2) is 0 Å². The molecule has 0 spiro atoms. The molecule has 0 aromatic heterocycles. The molecule has 0 fully saturated rings. The van der Waals surface area contributed by atoms with Crippen LogP contribution in [-0.4, -0.2) is 69.9 Å². The minimum Gasteiger partial charge on any atom is -0.481 e. The number of nitrogens with one attached hydrogen (secondary N) is 3. The molecule has 0 aliphatic carbocycles. The zero-order valence-corrected chi connectivity index (χ0v) is 20.0. The van der Waals surface area contributed by atoms with Crippen molar-refractivity contribution in [1.82, 2.24) is 16.0 Å². The van der Waals surface area contributed by atoms with Gasteiger partial charge < -0.3 is 37.6 Å². The van der Waals surface area contributed by atoms with Gasteiger partial charge in [-0.1, -0.05) is 40.5 Å². The molecule has 0 aromatic rings. The van der Waals surface area contributed by atoms with Gasteiger partial charge in [-0.2, -0.15) is 0 Å². The van der Waals surface area contributed by atoms with Crippen molar-refractivity contribution in [3.63, 3.8) is 0 Å². The van der Waals surface area contributed by atoms with Gasteiger partial charge in [0.2, 0.25) is 23.6 Å². The Morgan fingerprint density at radius 2 is 1.29 bits per heavy atom. The van der Waals surface area contributed by atoms with E-state index in [0.29, 0.717) is 12.8 Å². The average Bonchev–Trinajstić information content (AvgIpc) is 2.76. The molecule has 0 saturated carbocycles. The van der Waals surface area contributed by atoms with Crippen LogP contribution in [-0.2, 0) is 28.8 Å². The number of carboxylic acid groups (broad SMARTS) is 2. The molecule has 13 nitrogen and oxygen atoms in total. The van der Waals surface area contributed by atoms with Crippen LogP contribution in [0.25, 0.3) is 0 Å². The Bertz CT molecular complexity index is 759. The van der Waals surface area contributed by atoms with E-state index in [1.807, 2.05) is 0 Å². The number of hydrogen-bond donors (Lipinski definition) is 7. The highest BCUT2D eigenvalue weighted by Crippen LogP contribution is 2.11. The highest BCUT2D eigenvalue weighted by molar-refractivity contribution is 5.95. The van der Waals surface area contributed by atoms with Gasteiger partial charge in [-0.25, -0.2) is 4.79 Å². The van der Waals surface area contributed by atoms with E-state index in [9.17, 15) is 39.0 Å². The average molecular weight is 488 g/mol. The lowest BCUT2D eigenvalue weighted by Gasteiger charge is -2.28. The maximum absolute atomic E-state index is 12.9. The fourth-order valence-electron chi connectivity index (χ4n) is 2.97. The molecule has 0 saturated heterocycles. The number of amides is 4. The third-order valence-electron chi connectivity index (χ3n) is 5.62. The zero-order chi connectivity index (χ0) is 26.6. The van der Waals surface area contributed by atoms with E-state index in [0.717, 1.165) is 0 Å². The molecule has 0 aliphatic heterocycles. The predicted octanol–water partition coefficient (Wildman–Crippen LogP) is -1.31. The van der Waals surface area contributed by atoms with Crippen molar-refractivity contribution in [2.75, 3.05) is 0 Å². The maximum Gasteiger partial charge on any atom is 0.326 e. The summed E-state index contributed by atoms with van der Waals surface area (Å²) in [7, 11) is 0. The summed E-state index contributed by atoms with van der Waals surface area (Å²) in [4.78, 5) is 71.8. The van der Waals surface area contributed by atoms with Gasteiger partial charge in [-0.15, -0.1) is 0 Å². The second-order valence-electron chi connectivity index (χ2n) is 8.35. The number of hydrogen-bond acceptors (Lipinski definition) is 7. The van der Waals surface area contributed by atoms with Crippen LogP contribution in [0.3, 0.4) is 0 Å². The van der Waals surface area contributed by atoms with Crippen LogP contribution in [0.4, 0.5) is 0 Å². The lowest BCUT2D eigenvalue weighted by molar-refractivity contribution is -0.145. The van der Waals surface area contributed by atoms with Gasteiger partial charge in [-0.3, -0.25) is 24.0 Å². The van der Waals surface area contributed by atoms with Crippen molar-refractivity contribution in [1.29, 1.82) is 0 Å². The number of nitrogens with two attached hydrogens (primary N) is 2. The summed E-state index contributed by atoms with van der Waals surface area (Å²) in [6, 6.07) is -5.13. The quantitative estimate of drug-likeness (QED) is 0.137. The number of primary amides is 1. The fourth-order valence-corrected chi connectivity index (χ4v) is 2.97. The topological polar surface area (TPSA) is 231 Å². The molecule has 194 valence electrons. The first-order valence-corrected chi connectivity index (χ1v) is 11.1. The SMILES string of the molecule is CCC(C)C(NC(=O)C(CC(=O)O)NC(=O)C(NC(=O)C(N)CCC(N)=O)C(C)CC)C(=O)O. The molecule has 6 atom stereocenters. The molecular formula is C21H37N5O8. The normalized spacial score (nSPS) is 16.1. The third kappa shape index (κ3) is 10.6. The Hall–Kier alpha value is -3.22. The molecule has 0 heterocycles. The molecule has 6 unspecified atom stereocenters. The molecule has 9 N–H and O–H groups in total. The Morgan fingerprint density at radius 1 is 0.794 bits per heavy atom. The van der Waals surface area contributed by atoms with Gasteiger partial charge >= 0.3 is 11.9 Å². The Morgan fingerprint density at radius 3 is 1.74 bits per heavy atom. The van der Waals surface area contributed by atoms with Crippen molar-refractivity contribution in [2.45, 2.75) is 84.0 Å². The molecule has 0 bridgehead atoms. The molecular weight excluding hydrogens is 450 g/mol. The first-order chi connectivity index (χ1) is 15.7. The maximum atomic E-state index is 12.9. The van der Waals surface area contributed by atoms with Crippen molar-refractivity contribution in [3.05, 3.63) is 0 Å². The molecule has 0 aliphatic rings. The van der Waals surface area contributed by atoms with Crippen LogP contribution in [0.2, 0.25) is 0 Å². The van der Waals surface area contributed by atoms with E-state index in [-0.39, 0.29) is 12.8 Å². The number of carbonyl (C=O) groups excluding carboxylic acids is 4. The molecule has 13 heteroatoms. The monoisotopic (exact) mass is 487 g/mol. The second-order valence-corrected chi connectivity index (χ2v) is 8.35. The summed E-state index contributed by atoms with van der Waals surface area (Å²) >= 11 is 0. The number of rotatable bonds is 16. The highest BCUT2D eigenvalue weighted by atomic mass is 16.4. The highest BCUT2D eigenvalue weighted by Gasteiger charge is 2.34. The van der Waals surface area contributed by atoms with Crippen LogP contribution in [0.5, 0.6) is 0 Å². The molecule has 0 radical (unpaired) electrons. The van der Waals surface area contributed by atoms with E-state index in [1.54, 1.807) is 27.7 Å². The Kier molecular flexibility index (Phi) is 13.4. The van der Waals surface area contributed by atoms with Gasteiger partial charge in [-0.05, 0) is 18.3 Å². The Balaban J connectivity index is 5.59. The smallest absolute Gasteiger partial charge is 0.326 e. The minimum absolute atomic E-state index is 0.0355. The largest absolute Gasteiger partial charge is 0.481 e.